The first kappa shape index (κ1) is 15.7. The van der Waals surface area contributed by atoms with Gasteiger partial charge in [-0.05, 0) is 67.5 Å². The number of halogens is 2. The average Bonchev–Trinajstić information content (AvgIpc) is 2.64. The Labute approximate surface area is 135 Å². The molecule has 23 heavy (non-hydrogen) atoms. The molecule has 3 rings (SSSR count). The second kappa shape index (κ2) is 6.50. The fourth-order valence-electron chi connectivity index (χ4n) is 2.75. The van der Waals surface area contributed by atoms with Crippen LogP contribution in [0.1, 0.15) is 23.1 Å². The Bertz CT molecular complexity index is 698. The molecule has 0 aliphatic carbocycles. The van der Waals surface area contributed by atoms with Gasteiger partial charge < -0.3 is 9.64 Å². The fraction of sp³-hybridized carbons (Fsp3) is 0.263. The quantitative estimate of drug-likeness (QED) is 0.840. The highest BCUT2D eigenvalue weighted by atomic mass is 19.1. The van der Waals surface area contributed by atoms with Crippen molar-refractivity contribution in [3.8, 4) is 5.75 Å². The molecule has 1 heterocycles. The van der Waals surface area contributed by atoms with Crippen molar-refractivity contribution in [3.05, 3.63) is 70.8 Å². The highest BCUT2D eigenvalue weighted by Gasteiger charge is 2.20. The van der Waals surface area contributed by atoms with Crippen molar-refractivity contribution in [2.75, 3.05) is 20.6 Å². The third-order valence-corrected chi connectivity index (χ3v) is 3.90. The minimum atomic E-state index is -0.328. The van der Waals surface area contributed by atoms with Crippen molar-refractivity contribution >= 4 is 5.57 Å². The molecule has 120 valence electrons. The van der Waals surface area contributed by atoms with E-state index in [1.807, 2.05) is 20.2 Å². The summed E-state index contributed by atoms with van der Waals surface area (Å²) in [6.07, 6.45) is 2.82. The minimum Gasteiger partial charge on any atom is -0.488 e. The number of hydrogen-bond donors (Lipinski definition) is 0. The minimum absolute atomic E-state index is 0.304. The first-order valence-corrected chi connectivity index (χ1v) is 7.61. The van der Waals surface area contributed by atoms with E-state index in [-0.39, 0.29) is 11.6 Å². The zero-order valence-electron chi connectivity index (χ0n) is 13.3. The molecule has 1 aliphatic rings. The summed E-state index contributed by atoms with van der Waals surface area (Å²) >= 11 is 0. The fourth-order valence-corrected chi connectivity index (χ4v) is 2.75. The van der Waals surface area contributed by atoms with Crippen molar-refractivity contribution in [2.45, 2.75) is 13.0 Å². The maximum atomic E-state index is 13.8. The summed E-state index contributed by atoms with van der Waals surface area (Å²) in [5.74, 6) is -0.00747. The lowest BCUT2D eigenvalue weighted by molar-refractivity contribution is 0.306. The van der Waals surface area contributed by atoms with E-state index in [9.17, 15) is 8.78 Å². The van der Waals surface area contributed by atoms with Crippen LogP contribution >= 0.6 is 0 Å². The molecule has 0 spiro atoms. The van der Waals surface area contributed by atoms with E-state index >= 15 is 0 Å². The third-order valence-electron chi connectivity index (χ3n) is 3.90. The van der Waals surface area contributed by atoms with E-state index in [2.05, 4.69) is 4.90 Å². The van der Waals surface area contributed by atoms with Crippen LogP contribution in [0.15, 0.2) is 42.5 Å². The van der Waals surface area contributed by atoms with E-state index in [0.29, 0.717) is 17.9 Å². The lowest BCUT2D eigenvalue weighted by Gasteiger charge is -2.12. The monoisotopic (exact) mass is 315 g/mol. The number of hydrogen-bond acceptors (Lipinski definition) is 2. The molecule has 0 radical (unpaired) electrons. The molecule has 0 atom stereocenters. The van der Waals surface area contributed by atoms with Crippen LogP contribution in [0, 0.1) is 11.6 Å². The Hall–Kier alpha value is -2.20. The molecule has 4 heteroatoms. The third kappa shape index (κ3) is 3.42. The van der Waals surface area contributed by atoms with Crippen molar-refractivity contribution in [1.29, 1.82) is 0 Å². The van der Waals surface area contributed by atoms with Gasteiger partial charge in [-0.15, -0.1) is 0 Å². The molecule has 0 unspecified atom stereocenters. The normalized spacial score (nSPS) is 15.1. The van der Waals surface area contributed by atoms with Crippen molar-refractivity contribution in [3.63, 3.8) is 0 Å². The molecule has 0 saturated carbocycles. The van der Waals surface area contributed by atoms with Gasteiger partial charge >= 0.3 is 0 Å². The predicted molar refractivity (Wildman–Crippen MR) is 87.4 cm³/mol. The van der Waals surface area contributed by atoms with E-state index < -0.39 is 0 Å². The molecule has 0 N–H and O–H groups in total. The number of nitrogens with zero attached hydrogens (tertiary/aromatic N) is 1. The summed E-state index contributed by atoms with van der Waals surface area (Å²) < 4.78 is 33.3. The van der Waals surface area contributed by atoms with Crippen molar-refractivity contribution in [1.82, 2.24) is 4.90 Å². The lowest BCUT2D eigenvalue weighted by atomic mass is 9.93. The van der Waals surface area contributed by atoms with Gasteiger partial charge in [-0.1, -0.05) is 12.1 Å². The molecule has 0 aromatic heterocycles. The highest BCUT2D eigenvalue weighted by Crippen LogP contribution is 2.37. The maximum Gasteiger partial charge on any atom is 0.127 e. The van der Waals surface area contributed by atoms with Gasteiger partial charge in [0.2, 0.25) is 0 Å². The summed E-state index contributed by atoms with van der Waals surface area (Å²) in [6, 6.07) is 9.12. The molecule has 2 aromatic carbocycles. The molecule has 0 bridgehead atoms. The van der Waals surface area contributed by atoms with E-state index in [1.165, 1.54) is 24.3 Å². The highest BCUT2D eigenvalue weighted by molar-refractivity contribution is 5.85. The Morgan fingerprint density at radius 2 is 1.74 bits per heavy atom. The molecular weight excluding hydrogens is 296 g/mol. The molecule has 2 aromatic rings. The Kier molecular flexibility index (Phi) is 4.44. The van der Waals surface area contributed by atoms with Crippen LogP contribution in [0.25, 0.3) is 5.57 Å². The van der Waals surface area contributed by atoms with Crippen LogP contribution in [-0.2, 0) is 6.61 Å². The second-order valence-corrected chi connectivity index (χ2v) is 5.94. The van der Waals surface area contributed by atoms with Crippen molar-refractivity contribution in [2.24, 2.45) is 0 Å². The van der Waals surface area contributed by atoms with Gasteiger partial charge in [-0.25, -0.2) is 8.78 Å². The Morgan fingerprint density at radius 3 is 2.48 bits per heavy atom. The van der Waals surface area contributed by atoms with E-state index in [0.717, 1.165) is 29.7 Å². The lowest BCUT2D eigenvalue weighted by Crippen LogP contribution is -2.12. The number of ether oxygens (including phenoxy) is 1. The molecular formula is C19H19F2NO. The van der Waals surface area contributed by atoms with Crippen LogP contribution in [0.4, 0.5) is 8.78 Å². The summed E-state index contributed by atoms with van der Waals surface area (Å²) in [5.41, 5.74) is 3.17. The van der Waals surface area contributed by atoms with Crippen LogP contribution in [0.3, 0.4) is 0 Å². The van der Waals surface area contributed by atoms with Gasteiger partial charge in [-0.2, -0.15) is 0 Å². The van der Waals surface area contributed by atoms with Gasteiger partial charge in [0.05, 0.1) is 0 Å². The van der Waals surface area contributed by atoms with Crippen LogP contribution < -0.4 is 4.74 Å². The first-order valence-electron chi connectivity index (χ1n) is 7.61. The van der Waals surface area contributed by atoms with Crippen LogP contribution in [-0.4, -0.2) is 25.5 Å². The van der Waals surface area contributed by atoms with Crippen molar-refractivity contribution < 1.29 is 13.5 Å². The van der Waals surface area contributed by atoms with Gasteiger partial charge in [-0.3, -0.25) is 0 Å². The zero-order valence-corrected chi connectivity index (χ0v) is 13.3. The van der Waals surface area contributed by atoms with Gasteiger partial charge in [0.1, 0.15) is 24.0 Å². The number of fused-ring (bicyclic) bond motifs is 2. The second-order valence-electron chi connectivity index (χ2n) is 5.94. The Morgan fingerprint density at radius 1 is 1.04 bits per heavy atom. The first-order chi connectivity index (χ1) is 11.0. The Balaban J connectivity index is 2.13. The van der Waals surface area contributed by atoms with E-state index in [4.69, 9.17) is 4.74 Å². The number of rotatable bonds is 3. The topological polar surface area (TPSA) is 12.5 Å². The molecule has 1 aliphatic heterocycles. The van der Waals surface area contributed by atoms with E-state index in [1.54, 1.807) is 12.1 Å². The van der Waals surface area contributed by atoms with Crippen LogP contribution in [0.2, 0.25) is 0 Å². The predicted octanol–water partition coefficient (Wildman–Crippen LogP) is 4.24. The number of benzene rings is 2. The largest absolute Gasteiger partial charge is 0.488 e. The van der Waals surface area contributed by atoms with Gasteiger partial charge in [0, 0.05) is 12.1 Å². The molecule has 0 amide bonds. The standard InChI is InChI=1S/C19H19F2NO/c1-22(2)9-3-4-16-17-10-14(20)6-5-13(17)12-23-19-8-7-15(21)11-18(16)19/h4-8,10-11H,3,9,12H2,1-2H3/b16-4+. The summed E-state index contributed by atoms with van der Waals surface area (Å²) in [6.45, 7) is 1.21. The average molecular weight is 315 g/mol. The molecule has 2 nitrogen and oxygen atoms in total. The van der Waals surface area contributed by atoms with Crippen LogP contribution in [0.5, 0.6) is 5.75 Å². The molecule has 0 fully saturated rings. The smallest absolute Gasteiger partial charge is 0.127 e. The van der Waals surface area contributed by atoms with Gasteiger partial charge in [0.15, 0.2) is 0 Å². The maximum absolute atomic E-state index is 13.8. The summed E-state index contributed by atoms with van der Waals surface area (Å²) in [5, 5.41) is 0. The summed E-state index contributed by atoms with van der Waals surface area (Å²) in [4.78, 5) is 2.07. The SMILES string of the molecule is CN(C)CC/C=C1\c2cc(F)ccc2COc2ccc(F)cc21. The summed E-state index contributed by atoms with van der Waals surface area (Å²) in [7, 11) is 3.99. The van der Waals surface area contributed by atoms with Gasteiger partial charge in [0.25, 0.3) is 0 Å². The molecule has 0 saturated heterocycles. The zero-order chi connectivity index (χ0) is 16.4.